The van der Waals surface area contributed by atoms with Gasteiger partial charge in [0.15, 0.2) is 16.3 Å². The lowest BCUT2D eigenvalue weighted by atomic mass is 9.95. The SMILES string of the molecule is CCOC(=O)C1=C(C)N=c2s/c(=C\c3cc(Br)ccc3OCc3ccccc3)c(=O)n2[C@@H]1c1ccc(OC(C)C)c(OC)c1. The first-order valence-corrected chi connectivity index (χ1v) is 15.8. The van der Waals surface area contributed by atoms with Crippen molar-refractivity contribution in [1.82, 2.24) is 4.57 Å². The molecule has 2 heterocycles. The molecular formula is C34H33BrN2O6S. The number of methoxy groups -OCH3 is 1. The van der Waals surface area contributed by atoms with Crippen molar-refractivity contribution < 1.29 is 23.7 Å². The second kappa shape index (κ2) is 13.7. The lowest BCUT2D eigenvalue weighted by Gasteiger charge is -2.25. The molecular weight excluding hydrogens is 644 g/mol. The minimum Gasteiger partial charge on any atom is -0.493 e. The van der Waals surface area contributed by atoms with Crippen LogP contribution in [0.15, 0.2) is 92.3 Å². The minimum absolute atomic E-state index is 0.0655. The van der Waals surface area contributed by atoms with Crippen LogP contribution in [0, 0.1) is 0 Å². The maximum absolute atomic E-state index is 14.2. The summed E-state index contributed by atoms with van der Waals surface area (Å²) in [4.78, 5) is 32.6. The van der Waals surface area contributed by atoms with Gasteiger partial charge >= 0.3 is 5.97 Å². The second-order valence-corrected chi connectivity index (χ2v) is 12.3. The Labute approximate surface area is 268 Å². The van der Waals surface area contributed by atoms with E-state index >= 15 is 0 Å². The van der Waals surface area contributed by atoms with E-state index in [0.29, 0.717) is 50.0 Å². The Hall–Kier alpha value is -4.15. The third-order valence-electron chi connectivity index (χ3n) is 6.88. The molecule has 4 aromatic rings. The zero-order valence-corrected chi connectivity index (χ0v) is 27.5. The molecule has 8 nitrogen and oxygen atoms in total. The first-order chi connectivity index (χ1) is 21.2. The van der Waals surface area contributed by atoms with Crippen LogP contribution in [-0.2, 0) is 16.1 Å². The molecule has 44 heavy (non-hydrogen) atoms. The third kappa shape index (κ3) is 6.66. The summed E-state index contributed by atoms with van der Waals surface area (Å²) in [6.45, 7) is 7.93. The van der Waals surface area contributed by atoms with E-state index in [1.165, 1.54) is 11.3 Å². The molecule has 0 unspecified atom stereocenters. The Balaban J connectivity index is 1.64. The van der Waals surface area contributed by atoms with Crippen molar-refractivity contribution in [3.05, 3.63) is 119 Å². The van der Waals surface area contributed by atoms with Gasteiger partial charge in [-0.05, 0) is 75.2 Å². The third-order valence-corrected chi connectivity index (χ3v) is 8.35. The lowest BCUT2D eigenvalue weighted by Crippen LogP contribution is -2.40. The Morgan fingerprint density at radius 1 is 1.07 bits per heavy atom. The molecule has 0 saturated heterocycles. The van der Waals surface area contributed by atoms with Gasteiger partial charge in [0, 0.05) is 10.0 Å². The number of ether oxygens (including phenoxy) is 4. The number of aromatic nitrogens is 1. The predicted molar refractivity (Wildman–Crippen MR) is 174 cm³/mol. The Morgan fingerprint density at radius 3 is 2.52 bits per heavy atom. The molecule has 1 aromatic heterocycles. The molecule has 0 fully saturated rings. The number of hydrogen-bond donors (Lipinski definition) is 0. The number of carbonyl (C=O) groups excluding carboxylic acids is 1. The van der Waals surface area contributed by atoms with E-state index in [4.69, 9.17) is 18.9 Å². The fourth-order valence-electron chi connectivity index (χ4n) is 4.95. The molecule has 3 aromatic carbocycles. The van der Waals surface area contributed by atoms with E-state index in [1.54, 1.807) is 43.7 Å². The van der Waals surface area contributed by atoms with Crippen LogP contribution in [-0.4, -0.2) is 30.4 Å². The van der Waals surface area contributed by atoms with E-state index < -0.39 is 12.0 Å². The number of hydrogen-bond acceptors (Lipinski definition) is 8. The molecule has 0 aliphatic carbocycles. The monoisotopic (exact) mass is 676 g/mol. The molecule has 0 amide bonds. The second-order valence-electron chi connectivity index (χ2n) is 10.3. The standard InChI is InChI=1S/C34H33BrN2O6S/c1-6-41-33(39)30-21(4)36-34-37(31(30)23-12-14-27(43-20(2)3)28(17-23)40-5)32(38)29(44-34)18-24-16-25(35)13-15-26(24)42-19-22-10-8-7-9-11-22/h7-18,20,31H,6,19H2,1-5H3/b29-18-/t31-/m1/s1. The van der Waals surface area contributed by atoms with Gasteiger partial charge in [-0.1, -0.05) is 63.7 Å². The van der Waals surface area contributed by atoms with Crippen LogP contribution in [0.25, 0.3) is 6.08 Å². The maximum atomic E-state index is 14.2. The highest BCUT2D eigenvalue weighted by Gasteiger charge is 2.34. The molecule has 5 rings (SSSR count). The van der Waals surface area contributed by atoms with Gasteiger partial charge in [0.25, 0.3) is 5.56 Å². The first-order valence-electron chi connectivity index (χ1n) is 14.2. The maximum Gasteiger partial charge on any atom is 0.338 e. The fourth-order valence-corrected chi connectivity index (χ4v) is 6.37. The summed E-state index contributed by atoms with van der Waals surface area (Å²) in [6.07, 6.45) is 1.74. The van der Waals surface area contributed by atoms with Crippen LogP contribution in [0.3, 0.4) is 0 Å². The van der Waals surface area contributed by atoms with Gasteiger partial charge < -0.3 is 18.9 Å². The number of halogens is 1. The van der Waals surface area contributed by atoms with E-state index in [0.717, 1.165) is 15.6 Å². The van der Waals surface area contributed by atoms with Crippen LogP contribution in [0.4, 0.5) is 0 Å². The number of fused-ring (bicyclic) bond motifs is 1. The topological polar surface area (TPSA) is 88.4 Å². The molecule has 0 radical (unpaired) electrons. The fraction of sp³-hybridized carbons (Fsp3) is 0.265. The van der Waals surface area contributed by atoms with E-state index in [2.05, 4.69) is 20.9 Å². The van der Waals surface area contributed by atoms with Crippen molar-refractivity contribution in [3.8, 4) is 17.2 Å². The number of thiazole rings is 1. The first kappa shape index (κ1) is 31.3. The number of allylic oxidation sites excluding steroid dienone is 1. The molecule has 1 atom stereocenters. The van der Waals surface area contributed by atoms with Crippen molar-refractivity contribution in [2.75, 3.05) is 13.7 Å². The number of nitrogens with zero attached hydrogens (tertiary/aromatic N) is 2. The van der Waals surface area contributed by atoms with Gasteiger partial charge in [-0.2, -0.15) is 0 Å². The zero-order chi connectivity index (χ0) is 31.4. The van der Waals surface area contributed by atoms with Crippen molar-refractivity contribution in [2.45, 2.75) is 46.4 Å². The summed E-state index contributed by atoms with van der Waals surface area (Å²) in [5, 5.41) is 0. The minimum atomic E-state index is -0.786. The lowest BCUT2D eigenvalue weighted by molar-refractivity contribution is -0.139. The molecule has 0 N–H and O–H groups in total. The van der Waals surface area contributed by atoms with Gasteiger partial charge in [0.1, 0.15) is 12.4 Å². The van der Waals surface area contributed by atoms with Crippen molar-refractivity contribution in [2.24, 2.45) is 4.99 Å². The Morgan fingerprint density at radius 2 is 1.82 bits per heavy atom. The largest absolute Gasteiger partial charge is 0.493 e. The average Bonchev–Trinajstić information content (AvgIpc) is 3.30. The number of benzene rings is 3. The van der Waals surface area contributed by atoms with E-state index in [-0.39, 0.29) is 18.3 Å². The highest BCUT2D eigenvalue weighted by atomic mass is 79.9. The molecule has 10 heteroatoms. The average molecular weight is 678 g/mol. The van der Waals surface area contributed by atoms with Gasteiger partial charge in [-0.25, -0.2) is 9.79 Å². The van der Waals surface area contributed by atoms with Gasteiger partial charge in [0.05, 0.1) is 41.7 Å². The van der Waals surface area contributed by atoms with Gasteiger partial charge in [-0.3, -0.25) is 9.36 Å². The van der Waals surface area contributed by atoms with Gasteiger partial charge in [-0.15, -0.1) is 0 Å². The van der Waals surface area contributed by atoms with Crippen molar-refractivity contribution >= 4 is 39.3 Å². The van der Waals surface area contributed by atoms with Crippen LogP contribution >= 0.6 is 27.3 Å². The van der Waals surface area contributed by atoms with Crippen molar-refractivity contribution in [1.29, 1.82) is 0 Å². The van der Waals surface area contributed by atoms with Crippen LogP contribution in [0.5, 0.6) is 17.2 Å². The smallest absolute Gasteiger partial charge is 0.338 e. The normalized spacial score (nSPS) is 14.7. The summed E-state index contributed by atoms with van der Waals surface area (Å²) >= 11 is 4.80. The van der Waals surface area contributed by atoms with Crippen LogP contribution in [0.1, 0.15) is 50.4 Å². The number of rotatable bonds is 10. The van der Waals surface area contributed by atoms with Crippen LogP contribution < -0.4 is 29.1 Å². The van der Waals surface area contributed by atoms with E-state index in [9.17, 15) is 9.59 Å². The molecule has 0 saturated carbocycles. The summed E-state index contributed by atoms with van der Waals surface area (Å²) in [5.41, 5.74) is 2.91. The molecule has 0 bridgehead atoms. The summed E-state index contributed by atoms with van der Waals surface area (Å²) in [5.74, 6) is 1.16. The van der Waals surface area contributed by atoms with E-state index in [1.807, 2.05) is 68.4 Å². The van der Waals surface area contributed by atoms with Crippen molar-refractivity contribution in [3.63, 3.8) is 0 Å². The van der Waals surface area contributed by atoms with Crippen LogP contribution in [0.2, 0.25) is 0 Å². The predicted octanol–water partition coefficient (Wildman–Crippen LogP) is 5.94. The number of carbonyl (C=O) groups is 1. The Bertz CT molecular complexity index is 1890. The van der Waals surface area contributed by atoms with Gasteiger partial charge in [0.2, 0.25) is 0 Å². The quantitative estimate of drug-likeness (QED) is 0.193. The molecule has 1 aliphatic rings. The highest BCUT2D eigenvalue weighted by Crippen LogP contribution is 2.36. The highest BCUT2D eigenvalue weighted by molar-refractivity contribution is 9.10. The Kier molecular flexibility index (Phi) is 9.71. The zero-order valence-electron chi connectivity index (χ0n) is 25.1. The molecule has 228 valence electrons. The molecule has 0 spiro atoms. The summed E-state index contributed by atoms with van der Waals surface area (Å²) in [6, 6.07) is 20.2. The molecule has 1 aliphatic heterocycles. The number of esters is 1. The summed E-state index contributed by atoms with van der Waals surface area (Å²) < 4.78 is 26.0. The summed E-state index contributed by atoms with van der Waals surface area (Å²) in [7, 11) is 1.56.